The van der Waals surface area contributed by atoms with E-state index in [0.717, 1.165) is 0 Å². The molecule has 0 amide bonds. The van der Waals surface area contributed by atoms with Crippen LogP contribution in [0, 0.1) is 15.9 Å². The lowest BCUT2D eigenvalue weighted by Crippen LogP contribution is -2.29. The number of tetrazole rings is 1. The number of halogens is 1. The minimum atomic E-state index is -0.777. The van der Waals surface area contributed by atoms with Crippen molar-refractivity contribution < 1.29 is 9.31 Å². The molecular formula is C18H11FN8O3. The summed E-state index contributed by atoms with van der Waals surface area (Å²) in [7, 11) is 0. The second kappa shape index (κ2) is 6.55. The number of nitro groups is 1. The van der Waals surface area contributed by atoms with E-state index in [9.17, 15) is 19.3 Å². The van der Waals surface area contributed by atoms with E-state index in [0.29, 0.717) is 22.4 Å². The number of rotatable bonds is 3. The first-order valence-electron chi connectivity index (χ1n) is 8.70. The largest absolute Gasteiger partial charge is 0.318 e. The third-order valence-corrected chi connectivity index (χ3v) is 4.78. The second-order valence-electron chi connectivity index (χ2n) is 6.52. The van der Waals surface area contributed by atoms with Crippen LogP contribution in [-0.2, 0) is 0 Å². The Kier molecular flexibility index (Phi) is 3.84. The fraction of sp³-hybridized carbons (Fsp3) is 0.0556. The van der Waals surface area contributed by atoms with Crippen LogP contribution in [0.1, 0.15) is 17.2 Å². The van der Waals surface area contributed by atoms with Gasteiger partial charge in [0.1, 0.15) is 17.5 Å². The topological polar surface area (TPSA) is 145 Å². The Morgan fingerprint density at radius 1 is 1.17 bits per heavy atom. The molecule has 12 heteroatoms. The summed E-state index contributed by atoms with van der Waals surface area (Å²) in [5.41, 5.74) is 1.31. The first-order valence-corrected chi connectivity index (χ1v) is 8.70. The molecule has 11 nitrogen and oxygen atoms in total. The Labute approximate surface area is 166 Å². The van der Waals surface area contributed by atoms with E-state index in [1.54, 1.807) is 6.07 Å². The average molecular weight is 406 g/mol. The summed E-state index contributed by atoms with van der Waals surface area (Å²) in [6.45, 7) is 0. The van der Waals surface area contributed by atoms with Crippen molar-refractivity contribution in [1.82, 2.24) is 30.4 Å². The Balaban J connectivity index is 1.81. The van der Waals surface area contributed by atoms with Crippen LogP contribution in [0.25, 0.3) is 11.3 Å². The fourth-order valence-electron chi connectivity index (χ4n) is 3.48. The molecule has 0 saturated carbocycles. The molecule has 0 fully saturated rings. The van der Waals surface area contributed by atoms with Crippen LogP contribution >= 0.6 is 0 Å². The van der Waals surface area contributed by atoms with Gasteiger partial charge < -0.3 is 5.32 Å². The number of fused-ring (bicyclic) bond motifs is 2. The average Bonchev–Trinajstić information content (AvgIpc) is 3.22. The molecule has 148 valence electrons. The number of non-ortho nitro benzene ring substituents is 1. The van der Waals surface area contributed by atoms with Crippen LogP contribution in [-0.4, -0.2) is 35.3 Å². The molecule has 0 saturated heterocycles. The summed E-state index contributed by atoms with van der Waals surface area (Å²) < 4.78 is 14.8. The highest BCUT2D eigenvalue weighted by molar-refractivity contribution is 5.75. The van der Waals surface area contributed by atoms with E-state index in [1.807, 2.05) is 0 Å². The highest BCUT2D eigenvalue weighted by Crippen LogP contribution is 2.41. The number of nitro benzene ring substituents is 1. The summed E-state index contributed by atoms with van der Waals surface area (Å²) in [5, 5.41) is 32.3. The predicted molar refractivity (Wildman–Crippen MR) is 102 cm³/mol. The molecule has 0 spiro atoms. The second-order valence-corrected chi connectivity index (χ2v) is 6.52. The molecule has 2 N–H and O–H groups in total. The summed E-state index contributed by atoms with van der Waals surface area (Å²) >= 11 is 0. The lowest BCUT2D eigenvalue weighted by Gasteiger charge is -2.27. The number of nitrogens with one attached hydrogen (secondary N) is 2. The van der Waals surface area contributed by atoms with Crippen molar-refractivity contribution >= 4 is 17.3 Å². The van der Waals surface area contributed by atoms with Crippen LogP contribution in [0.5, 0.6) is 0 Å². The highest BCUT2D eigenvalue weighted by Gasteiger charge is 2.34. The van der Waals surface area contributed by atoms with E-state index in [2.05, 4.69) is 31.0 Å². The SMILES string of the molecule is O=c1[nH]nc(-c2ccc(F)cc2)c2c1Nc1nnnn1[C@@H]2c1cccc([N+](=O)[O-])c1. The molecule has 2 aromatic heterocycles. The maximum absolute atomic E-state index is 13.4. The van der Waals surface area contributed by atoms with Gasteiger partial charge in [0.15, 0.2) is 0 Å². The van der Waals surface area contributed by atoms with E-state index in [-0.39, 0.29) is 17.3 Å². The molecule has 2 aromatic carbocycles. The number of anilines is 2. The molecule has 1 aliphatic rings. The van der Waals surface area contributed by atoms with Gasteiger partial charge in [0.25, 0.3) is 11.2 Å². The summed E-state index contributed by atoms with van der Waals surface area (Å²) in [6.07, 6.45) is 0. The van der Waals surface area contributed by atoms with Crippen molar-refractivity contribution in [3.63, 3.8) is 0 Å². The van der Waals surface area contributed by atoms with Crippen LogP contribution in [0.15, 0.2) is 53.3 Å². The highest BCUT2D eigenvalue weighted by atomic mass is 19.1. The van der Waals surface area contributed by atoms with Crippen LogP contribution in [0.3, 0.4) is 0 Å². The van der Waals surface area contributed by atoms with E-state index in [1.165, 1.54) is 47.1 Å². The predicted octanol–water partition coefficient (Wildman–Crippen LogP) is 2.17. The van der Waals surface area contributed by atoms with Crippen molar-refractivity contribution in [2.45, 2.75) is 6.04 Å². The number of nitrogens with zero attached hydrogens (tertiary/aromatic N) is 6. The van der Waals surface area contributed by atoms with Gasteiger partial charge in [0, 0.05) is 23.3 Å². The Morgan fingerprint density at radius 3 is 2.73 bits per heavy atom. The van der Waals surface area contributed by atoms with Crippen molar-refractivity contribution in [3.8, 4) is 11.3 Å². The lowest BCUT2D eigenvalue weighted by molar-refractivity contribution is -0.384. The van der Waals surface area contributed by atoms with Gasteiger partial charge in [-0.25, -0.2) is 9.49 Å². The third kappa shape index (κ3) is 2.70. The summed E-state index contributed by atoms with van der Waals surface area (Å²) in [5.74, 6) is -0.228. The maximum atomic E-state index is 13.4. The van der Waals surface area contributed by atoms with Crippen LogP contribution < -0.4 is 10.9 Å². The standard InChI is InChI=1S/C18H11FN8O3/c19-11-6-4-9(5-7-11)14-13-15(17(28)22-21-14)20-18-23-24-25-26(18)16(13)10-2-1-3-12(8-10)27(29)30/h1-8,16H,(H,22,28)(H,20,23,25)/t16-/m1/s1. The Bertz CT molecular complexity index is 1350. The number of H-pyrrole nitrogens is 1. The minimum absolute atomic E-state index is 0.122. The molecule has 3 heterocycles. The zero-order valence-corrected chi connectivity index (χ0v) is 15.0. The zero-order valence-electron chi connectivity index (χ0n) is 15.0. The quantitative estimate of drug-likeness (QED) is 0.343. The molecular weight excluding hydrogens is 395 g/mol. The van der Waals surface area contributed by atoms with Gasteiger partial charge in [0.2, 0.25) is 5.95 Å². The molecule has 5 rings (SSSR count). The van der Waals surface area contributed by atoms with Crippen LogP contribution in [0.2, 0.25) is 0 Å². The number of hydrogen-bond acceptors (Lipinski definition) is 8. The van der Waals surface area contributed by atoms with Gasteiger partial charge in [-0.1, -0.05) is 17.2 Å². The normalized spacial score (nSPS) is 14.5. The fourth-order valence-corrected chi connectivity index (χ4v) is 3.48. The van der Waals surface area contributed by atoms with Crippen molar-refractivity contribution in [2.24, 2.45) is 0 Å². The minimum Gasteiger partial charge on any atom is -0.318 e. The number of aromatic amines is 1. The van der Waals surface area contributed by atoms with Gasteiger partial charge >= 0.3 is 0 Å². The molecule has 4 aromatic rings. The number of aromatic nitrogens is 6. The van der Waals surface area contributed by atoms with Gasteiger partial charge in [-0.2, -0.15) is 9.78 Å². The summed E-state index contributed by atoms with van der Waals surface area (Å²) in [6, 6.07) is 10.8. The third-order valence-electron chi connectivity index (χ3n) is 4.78. The maximum Gasteiger partial charge on any atom is 0.288 e. The molecule has 0 bridgehead atoms. The zero-order chi connectivity index (χ0) is 20.8. The van der Waals surface area contributed by atoms with Gasteiger partial charge in [0.05, 0.1) is 10.6 Å². The van der Waals surface area contributed by atoms with Gasteiger partial charge in [-0.05, 0) is 40.3 Å². The van der Waals surface area contributed by atoms with Crippen molar-refractivity contribution in [3.05, 3.63) is 85.9 Å². The summed E-state index contributed by atoms with van der Waals surface area (Å²) in [4.78, 5) is 23.3. The van der Waals surface area contributed by atoms with E-state index in [4.69, 9.17) is 0 Å². The molecule has 0 aliphatic carbocycles. The molecule has 1 atom stereocenters. The molecule has 0 unspecified atom stereocenters. The van der Waals surface area contributed by atoms with Crippen molar-refractivity contribution in [1.29, 1.82) is 0 Å². The first kappa shape index (κ1) is 17.6. The number of benzene rings is 2. The molecule has 30 heavy (non-hydrogen) atoms. The van der Waals surface area contributed by atoms with E-state index < -0.39 is 22.3 Å². The molecule has 1 aliphatic heterocycles. The molecule has 0 radical (unpaired) electrons. The van der Waals surface area contributed by atoms with Crippen molar-refractivity contribution in [2.75, 3.05) is 5.32 Å². The smallest absolute Gasteiger partial charge is 0.288 e. The van der Waals surface area contributed by atoms with Crippen LogP contribution in [0.4, 0.5) is 21.7 Å². The Hall–Kier alpha value is -4.48. The number of hydrogen-bond donors (Lipinski definition) is 2. The lowest BCUT2D eigenvalue weighted by atomic mass is 9.92. The Morgan fingerprint density at radius 2 is 1.97 bits per heavy atom. The van der Waals surface area contributed by atoms with Gasteiger partial charge in [-0.15, -0.1) is 0 Å². The first-order chi connectivity index (χ1) is 14.5. The monoisotopic (exact) mass is 406 g/mol. The van der Waals surface area contributed by atoms with E-state index >= 15 is 0 Å². The van der Waals surface area contributed by atoms with Gasteiger partial charge in [-0.3, -0.25) is 14.9 Å².